The Morgan fingerprint density at radius 3 is 2.55 bits per heavy atom. The summed E-state index contributed by atoms with van der Waals surface area (Å²) in [6.07, 6.45) is 3.60. The van der Waals surface area contributed by atoms with Crippen LogP contribution in [-0.4, -0.2) is 98.6 Å². The fourth-order valence-corrected chi connectivity index (χ4v) is 7.23. The van der Waals surface area contributed by atoms with E-state index in [9.17, 15) is 24.3 Å². The molecule has 0 aliphatic carbocycles. The van der Waals surface area contributed by atoms with E-state index >= 15 is 0 Å². The summed E-state index contributed by atoms with van der Waals surface area (Å²) < 4.78 is 12.2. The van der Waals surface area contributed by atoms with Crippen LogP contribution in [0.3, 0.4) is 0 Å². The van der Waals surface area contributed by atoms with Crippen LogP contribution in [0.25, 0.3) is 0 Å². The third-order valence-electron chi connectivity index (χ3n) is 8.18. The zero-order valence-electron chi connectivity index (χ0n) is 24.2. The second-order valence-electron chi connectivity index (χ2n) is 11.9. The van der Waals surface area contributed by atoms with E-state index in [-0.39, 0.29) is 42.2 Å². The van der Waals surface area contributed by atoms with Gasteiger partial charge >= 0.3 is 5.97 Å². The van der Waals surface area contributed by atoms with Gasteiger partial charge in [-0.2, -0.15) is 0 Å². The zero-order chi connectivity index (χ0) is 30.0. The van der Waals surface area contributed by atoms with Gasteiger partial charge in [-0.05, 0) is 47.0 Å². The lowest BCUT2D eigenvalue weighted by Crippen LogP contribution is -2.61. The molecule has 3 heterocycles. The number of likely N-dealkylation sites (tertiary alicyclic amines) is 1. The summed E-state index contributed by atoms with van der Waals surface area (Å²) in [5.41, 5.74) is -1.84. The smallest absolute Gasteiger partial charge is 0.312 e. The first-order valence-electron chi connectivity index (χ1n) is 14.0. The Bertz CT molecular complexity index is 1010. The Morgan fingerprint density at radius 1 is 1.32 bits per heavy atom. The Labute approximate surface area is 245 Å². The third-order valence-corrected chi connectivity index (χ3v) is 9.02. The Balaban J connectivity index is 1.95. The summed E-state index contributed by atoms with van der Waals surface area (Å²) in [5.74, 6) is -3.35. The van der Waals surface area contributed by atoms with Gasteiger partial charge in [0.25, 0.3) is 0 Å². The van der Waals surface area contributed by atoms with E-state index in [0.29, 0.717) is 25.7 Å². The first kappa shape index (κ1) is 32.3. The standard InChI is InChI=1S/C29H44BrN3O7/c1-8-11-12-20(35)31-15-17(4)39-27(38)21-22-25(36)33(18(10-3)16-34)24(29(22)14-19(30)23(21)40-29)26(37)32(13-9-2)28(5,6)7/h8-9,17-19,21-24,34H,1-2,10-16H2,3-7H3,(H,31,35)/t17-,18-,19?,21+,22-,23+,24+,29-/m0/s1. The summed E-state index contributed by atoms with van der Waals surface area (Å²) in [7, 11) is 0. The molecule has 3 aliphatic rings. The minimum Gasteiger partial charge on any atom is -0.460 e. The molecule has 224 valence electrons. The maximum absolute atomic E-state index is 14.3. The Morgan fingerprint density at radius 2 is 2.00 bits per heavy atom. The molecule has 0 aromatic carbocycles. The minimum atomic E-state index is -1.26. The van der Waals surface area contributed by atoms with E-state index in [1.165, 1.54) is 4.90 Å². The van der Waals surface area contributed by atoms with Crippen molar-refractivity contribution in [1.29, 1.82) is 0 Å². The van der Waals surface area contributed by atoms with Gasteiger partial charge in [-0.15, -0.1) is 13.2 Å². The van der Waals surface area contributed by atoms with Gasteiger partial charge in [0, 0.05) is 23.3 Å². The van der Waals surface area contributed by atoms with Crippen LogP contribution >= 0.6 is 15.9 Å². The molecule has 0 radical (unpaired) electrons. The van der Waals surface area contributed by atoms with Crippen LogP contribution in [0.15, 0.2) is 25.3 Å². The van der Waals surface area contributed by atoms with E-state index in [2.05, 4.69) is 34.4 Å². The molecule has 1 unspecified atom stereocenters. The predicted molar refractivity (Wildman–Crippen MR) is 153 cm³/mol. The number of carbonyl (C=O) groups excluding carboxylic acids is 4. The van der Waals surface area contributed by atoms with Gasteiger partial charge in [-0.25, -0.2) is 0 Å². The van der Waals surface area contributed by atoms with Crippen molar-refractivity contribution in [2.24, 2.45) is 11.8 Å². The van der Waals surface area contributed by atoms with Crippen LogP contribution in [0, 0.1) is 11.8 Å². The third kappa shape index (κ3) is 5.87. The molecule has 3 saturated heterocycles. The average molecular weight is 627 g/mol. The molecule has 8 atom stereocenters. The lowest BCUT2D eigenvalue weighted by atomic mass is 9.70. The fraction of sp³-hybridized carbons (Fsp3) is 0.724. The number of carbonyl (C=O) groups is 4. The van der Waals surface area contributed by atoms with Crippen LogP contribution in [0.4, 0.5) is 0 Å². The normalized spacial score (nSPS) is 30.4. The molecular weight excluding hydrogens is 582 g/mol. The van der Waals surface area contributed by atoms with Gasteiger partial charge in [0.2, 0.25) is 17.7 Å². The first-order valence-corrected chi connectivity index (χ1v) is 15.0. The number of esters is 1. The van der Waals surface area contributed by atoms with Gasteiger partial charge in [-0.3, -0.25) is 19.2 Å². The van der Waals surface area contributed by atoms with E-state index in [1.54, 1.807) is 24.0 Å². The highest BCUT2D eigenvalue weighted by atomic mass is 79.9. The molecular formula is C29H44BrN3O7. The quantitative estimate of drug-likeness (QED) is 0.183. The van der Waals surface area contributed by atoms with Crippen LogP contribution in [0.1, 0.15) is 60.3 Å². The number of halogens is 1. The number of ether oxygens (including phenoxy) is 2. The molecule has 0 saturated carbocycles. The van der Waals surface area contributed by atoms with Gasteiger partial charge < -0.3 is 29.7 Å². The number of nitrogens with one attached hydrogen (secondary N) is 1. The topological polar surface area (TPSA) is 125 Å². The predicted octanol–water partition coefficient (Wildman–Crippen LogP) is 2.33. The number of allylic oxidation sites excluding steroid dienone is 1. The number of aliphatic hydroxyl groups excluding tert-OH is 1. The van der Waals surface area contributed by atoms with Gasteiger partial charge in [0.15, 0.2) is 0 Å². The monoisotopic (exact) mass is 625 g/mol. The zero-order valence-corrected chi connectivity index (χ0v) is 25.8. The number of hydrogen-bond donors (Lipinski definition) is 2. The highest BCUT2D eigenvalue weighted by Crippen LogP contribution is 2.61. The van der Waals surface area contributed by atoms with Crippen LogP contribution in [0.2, 0.25) is 0 Å². The van der Waals surface area contributed by atoms with Crippen molar-refractivity contribution in [2.75, 3.05) is 19.7 Å². The van der Waals surface area contributed by atoms with E-state index < -0.39 is 53.2 Å². The molecule has 3 aliphatic heterocycles. The SMILES string of the molecule is C=CCCC(=O)NC[C@H](C)OC(=O)[C@H]1[C@@H]2O[C@@]3(CC2Br)[C@@H]1C(=O)N([C@@H](CC)CO)[C@@H]3C(=O)N(CC=C)C(C)(C)C. The highest BCUT2D eigenvalue weighted by molar-refractivity contribution is 9.09. The molecule has 3 rings (SSSR count). The fourth-order valence-electron chi connectivity index (χ4n) is 6.29. The number of amides is 3. The summed E-state index contributed by atoms with van der Waals surface area (Å²) in [6, 6.07) is -1.64. The van der Waals surface area contributed by atoms with Crippen molar-refractivity contribution in [3.63, 3.8) is 0 Å². The maximum Gasteiger partial charge on any atom is 0.312 e. The molecule has 40 heavy (non-hydrogen) atoms. The number of rotatable bonds is 13. The second-order valence-corrected chi connectivity index (χ2v) is 13.1. The summed E-state index contributed by atoms with van der Waals surface area (Å²) in [4.78, 5) is 56.9. The van der Waals surface area contributed by atoms with Crippen LogP contribution in [0.5, 0.6) is 0 Å². The average Bonchev–Trinajstić information content (AvgIpc) is 3.48. The minimum absolute atomic E-state index is 0.124. The van der Waals surface area contributed by atoms with Crippen molar-refractivity contribution in [3.8, 4) is 0 Å². The molecule has 0 aromatic heterocycles. The summed E-state index contributed by atoms with van der Waals surface area (Å²) in [5, 5.41) is 13.0. The molecule has 10 nitrogen and oxygen atoms in total. The van der Waals surface area contributed by atoms with Crippen molar-refractivity contribution in [3.05, 3.63) is 25.3 Å². The summed E-state index contributed by atoms with van der Waals surface area (Å²) >= 11 is 3.65. The molecule has 3 amide bonds. The summed E-state index contributed by atoms with van der Waals surface area (Å²) in [6.45, 7) is 16.7. The first-order chi connectivity index (χ1) is 18.8. The van der Waals surface area contributed by atoms with Crippen LogP contribution < -0.4 is 5.32 Å². The van der Waals surface area contributed by atoms with E-state index in [0.717, 1.165) is 0 Å². The van der Waals surface area contributed by atoms with Gasteiger partial charge in [-0.1, -0.05) is 35.0 Å². The lowest BCUT2D eigenvalue weighted by Gasteiger charge is -2.43. The second kappa shape index (κ2) is 12.7. The number of hydrogen-bond acceptors (Lipinski definition) is 7. The number of nitrogens with zero attached hydrogens (tertiary/aromatic N) is 2. The number of alkyl halides is 1. The molecule has 1 spiro atoms. The molecule has 11 heteroatoms. The lowest BCUT2D eigenvalue weighted by molar-refractivity contribution is -0.160. The van der Waals surface area contributed by atoms with Crippen molar-refractivity contribution in [1.82, 2.24) is 15.1 Å². The van der Waals surface area contributed by atoms with Gasteiger partial charge in [0.1, 0.15) is 17.7 Å². The van der Waals surface area contributed by atoms with Crippen molar-refractivity contribution >= 4 is 39.6 Å². The van der Waals surface area contributed by atoms with E-state index in [4.69, 9.17) is 9.47 Å². The number of fused-ring (bicyclic) bond motifs is 1. The Hall–Kier alpha value is -2.24. The van der Waals surface area contributed by atoms with Crippen molar-refractivity contribution in [2.45, 2.75) is 101 Å². The Kier molecular flexibility index (Phi) is 10.3. The van der Waals surface area contributed by atoms with Crippen molar-refractivity contribution < 1.29 is 33.8 Å². The largest absolute Gasteiger partial charge is 0.460 e. The molecule has 2 N–H and O–H groups in total. The highest BCUT2D eigenvalue weighted by Gasteiger charge is 2.77. The molecule has 2 bridgehead atoms. The maximum atomic E-state index is 14.3. The van der Waals surface area contributed by atoms with E-state index in [1.807, 2.05) is 27.7 Å². The van der Waals surface area contributed by atoms with Gasteiger partial charge in [0.05, 0.1) is 37.1 Å². The number of aliphatic hydroxyl groups is 1. The van der Waals surface area contributed by atoms with Crippen LogP contribution in [-0.2, 0) is 28.7 Å². The molecule has 3 fully saturated rings. The molecule has 0 aromatic rings.